The second-order valence-electron chi connectivity index (χ2n) is 5.77. The molecule has 26 heavy (non-hydrogen) atoms. The van der Waals surface area contributed by atoms with Crippen molar-refractivity contribution in [1.82, 2.24) is 5.32 Å². The zero-order chi connectivity index (χ0) is 18.8. The molecule has 0 aliphatic heterocycles. The lowest BCUT2D eigenvalue weighted by molar-refractivity contribution is 0.136. The molecular weight excluding hydrogens is 353 g/mol. The number of ether oxygens (including phenoxy) is 1. The van der Waals surface area contributed by atoms with Crippen LogP contribution in [0.3, 0.4) is 0 Å². The zero-order valence-electron chi connectivity index (χ0n) is 14.7. The van der Waals surface area contributed by atoms with Crippen LogP contribution in [-0.2, 0) is 20.4 Å². The van der Waals surface area contributed by atoms with Crippen molar-refractivity contribution in [2.24, 2.45) is 0 Å². The number of carbonyl (C=O) groups is 1. The maximum Gasteiger partial charge on any atom is 0.408 e. The predicted octanol–water partition coefficient (Wildman–Crippen LogP) is 4.61. The second-order valence-corrected chi connectivity index (χ2v) is 7.67. The van der Waals surface area contributed by atoms with Crippen molar-refractivity contribution < 1.29 is 23.5 Å². The third kappa shape index (κ3) is 6.30. The predicted molar refractivity (Wildman–Crippen MR) is 99.6 cm³/mol. The molecule has 1 amide bonds. The summed E-state index contributed by atoms with van der Waals surface area (Å²) in [4.78, 5) is 22.5. The van der Waals surface area contributed by atoms with E-state index in [0.29, 0.717) is 12.0 Å². The van der Waals surface area contributed by atoms with E-state index >= 15 is 0 Å². The molecule has 2 aromatic carbocycles. The van der Waals surface area contributed by atoms with Gasteiger partial charge < -0.3 is 19.5 Å². The van der Waals surface area contributed by atoms with E-state index in [2.05, 4.69) is 5.32 Å². The first-order chi connectivity index (χ1) is 12.5. The summed E-state index contributed by atoms with van der Waals surface area (Å²) in [5, 5.41) is 2.47. The number of carbonyl (C=O) groups excluding carboxylic acids is 1. The third-order valence-corrected chi connectivity index (χ3v) is 5.32. The van der Waals surface area contributed by atoms with Gasteiger partial charge in [-0.1, -0.05) is 74.0 Å². The molecule has 0 aromatic heterocycles. The number of alkyl carbamates (subject to hydrolysis) is 1. The van der Waals surface area contributed by atoms with E-state index in [-0.39, 0.29) is 13.2 Å². The van der Waals surface area contributed by atoms with Gasteiger partial charge in [0, 0.05) is 0 Å². The van der Waals surface area contributed by atoms with Gasteiger partial charge in [-0.25, -0.2) is 4.79 Å². The summed E-state index contributed by atoms with van der Waals surface area (Å²) in [6.45, 7) is 2.18. The number of hydrogen-bond acceptors (Lipinski definition) is 4. The van der Waals surface area contributed by atoms with E-state index in [1.807, 2.05) is 37.3 Å². The maximum atomic E-state index is 12.7. The number of hydrogen-bond donors (Lipinski definition) is 2. The number of benzene rings is 2. The van der Waals surface area contributed by atoms with Crippen LogP contribution in [0.15, 0.2) is 60.7 Å². The van der Waals surface area contributed by atoms with Crippen LogP contribution in [0.4, 0.5) is 4.79 Å². The Morgan fingerprint density at radius 3 is 2.35 bits per heavy atom. The second kappa shape index (κ2) is 10.1. The number of rotatable bonds is 9. The van der Waals surface area contributed by atoms with Gasteiger partial charge in [0.1, 0.15) is 6.61 Å². The van der Waals surface area contributed by atoms with Gasteiger partial charge in [0.15, 0.2) is 5.78 Å². The summed E-state index contributed by atoms with van der Waals surface area (Å²) < 4.78 is 23.0. The van der Waals surface area contributed by atoms with Gasteiger partial charge in [-0.15, -0.1) is 0 Å². The Kier molecular flexibility index (Phi) is 7.85. The van der Waals surface area contributed by atoms with E-state index in [1.165, 1.54) is 0 Å². The van der Waals surface area contributed by atoms with Crippen LogP contribution in [0, 0.1) is 0 Å². The summed E-state index contributed by atoms with van der Waals surface area (Å²) in [6, 6.07) is 17.8. The Labute approximate surface area is 153 Å². The maximum absolute atomic E-state index is 12.7. The average molecular weight is 377 g/mol. The summed E-state index contributed by atoms with van der Waals surface area (Å²) in [5.74, 6) is -1.19. The van der Waals surface area contributed by atoms with Crippen LogP contribution in [0.5, 0.6) is 0 Å². The fourth-order valence-electron chi connectivity index (χ4n) is 2.28. The van der Waals surface area contributed by atoms with Crippen LogP contribution >= 0.6 is 7.60 Å². The van der Waals surface area contributed by atoms with Crippen LogP contribution in [0.25, 0.3) is 0 Å². The van der Waals surface area contributed by atoms with E-state index in [0.717, 1.165) is 12.0 Å². The quantitative estimate of drug-likeness (QED) is 0.492. The Hall–Kier alpha value is -2.14. The molecule has 0 heterocycles. The molecule has 0 bridgehead atoms. The number of amides is 1. The van der Waals surface area contributed by atoms with Gasteiger partial charge in [0.25, 0.3) is 0 Å². The molecule has 0 spiro atoms. The first kappa shape index (κ1) is 20.2. The van der Waals surface area contributed by atoms with Gasteiger partial charge in [-0.05, 0) is 17.5 Å². The van der Waals surface area contributed by atoms with Crippen molar-refractivity contribution in [1.29, 1.82) is 0 Å². The minimum absolute atomic E-state index is 0.0700. The van der Waals surface area contributed by atoms with Gasteiger partial charge in [0.05, 0.1) is 6.61 Å². The Balaban J connectivity index is 2.06. The minimum atomic E-state index is -4.12. The van der Waals surface area contributed by atoms with Crippen molar-refractivity contribution >= 4 is 13.7 Å². The topological polar surface area (TPSA) is 84.9 Å². The summed E-state index contributed by atoms with van der Waals surface area (Å²) in [7, 11) is -4.12. The third-order valence-electron chi connectivity index (χ3n) is 3.68. The fraction of sp³-hybridized carbons (Fsp3) is 0.316. The van der Waals surface area contributed by atoms with Crippen LogP contribution < -0.4 is 5.32 Å². The number of unbranched alkanes of at least 4 members (excludes halogenated alkanes) is 1. The Morgan fingerprint density at radius 1 is 1.12 bits per heavy atom. The fourth-order valence-corrected chi connectivity index (χ4v) is 3.64. The molecule has 6 nitrogen and oxygen atoms in total. The molecule has 7 heteroatoms. The van der Waals surface area contributed by atoms with Crippen molar-refractivity contribution in [3.05, 3.63) is 71.8 Å². The van der Waals surface area contributed by atoms with Crippen LogP contribution in [0.1, 0.15) is 36.7 Å². The van der Waals surface area contributed by atoms with E-state index < -0.39 is 19.5 Å². The molecule has 2 aromatic rings. The molecule has 2 unspecified atom stereocenters. The molecule has 0 radical (unpaired) electrons. The highest BCUT2D eigenvalue weighted by atomic mass is 31.2. The van der Waals surface area contributed by atoms with E-state index in [1.54, 1.807) is 30.3 Å². The lowest BCUT2D eigenvalue weighted by Crippen LogP contribution is -2.29. The molecular formula is C19H24NO5P. The summed E-state index contributed by atoms with van der Waals surface area (Å²) >= 11 is 0. The highest BCUT2D eigenvalue weighted by molar-refractivity contribution is 7.53. The van der Waals surface area contributed by atoms with E-state index in [9.17, 15) is 14.3 Å². The Bertz CT molecular complexity index is 723. The molecule has 0 saturated heterocycles. The SMILES string of the molecule is CCCCOP(=O)(O)C(NC(=O)OCc1ccccc1)c1ccccc1. The lowest BCUT2D eigenvalue weighted by atomic mass is 10.2. The van der Waals surface area contributed by atoms with Crippen LogP contribution in [0.2, 0.25) is 0 Å². The average Bonchev–Trinajstić information content (AvgIpc) is 2.66. The zero-order valence-corrected chi connectivity index (χ0v) is 15.6. The monoisotopic (exact) mass is 377 g/mol. The van der Waals surface area contributed by atoms with E-state index in [4.69, 9.17) is 9.26 Å². The standard InChI is InChI=1S/C19H24NO5P/c1-2-3-14-25-26(22,23)18(17-12-8-5-9-13-17)20-19(21)24-15-16-10-6-4-7-11-16/h4-13,18H,2-3,14-15H2,1H3,(H,20,21)(H,22,23). The van der Waals surface area contributed by atoms with Gasteiger partial charge >= 0.3 is 13.7 Å². The molecule has 0 aliphatic rings. The lowest BCUT2D eigenvalue weighted by Gasteiger charge is -2.24. The molecule has 0 fully saturated rings. The highest BCUT2D eigenvalue weighted by Crippen LogP contribution is 2.55. The summed E-state index contributed by atoms with van der Waals surface area (Å²) in [6.07, 6.45) is 0.712. The smallest absolute Gasteiger partial charge is 0.408 e. The summed E-state index contributed by atoms with van der Waals surface area (Å²) in [5.41, 5.74) is 1.30. The van der Waals surface area contributed by atoms with Crippen LogP contribution in [-0.4, -0.2) is 17.6 Å². The minimum Gasteiger partial charge on any atom is -0.445 e. The van der Waals surface area contributed by atoms with Gasteiger partial charge in [0.2, 0.25) is 0 Å². The first-order valence-electron chi connectivity index (χ1n) is 8.52. The molecule has 2 atom stereocenters. The van der Waals surface area contributed by atoms with Crippen molar-refractivity contribution in [3.63, 3.8) is 0 Å². The Morgan fingerprint density at radius 2 is 1.73 bits per heavy atom. The normalized spacial score (nSPS) is 14.2. The first-order valence-corrected chi connectivity index (χ1v) is 10.2. The van der Waals surface area contributed by atoms with Gasteiger partial charge in [-0.3, -0.25) is 4.57 Å². The number of nitrogens with one attached hydrogen (secondary N) is 1. The molecule has 0 saturated carbocycles. The molecule has 140 valence electrons. The van der Waals surface area contributed by atoms with Crippen molar-refractivity contribution in [3.8, 4) is 0 Å². The largest absolute Gasteiger partial charge is 0.445 e. The van der Waals surface area contributed by atoms with Gasteiger partial charge in [-0.2, -0.15) is 0 Å². The van der Waals surface area contributed by atoms with Crippen molar-refractivity contribution in [2.75, 3.05) is 6.61 Å². The highest BCUT2D eigenvalue weighted by Gasteiger charge is 2.35. The molecule has 0 aliphatic carbocycles. The van der Waals surface area contributed by atoms with Crippen molar-refractivity contribution in [2.45, 2.75) is 32.2 Å². The molecule has 2 rings (SSSR count). The molecule has 2 N–H and O–H groups in total.